The van der Waals surface area contributed by atoms with E-state index in [0.29, 0.717) is 12.4 Å². The van der Waals surface area contributed by atoms with Crippen LogP contribution in [0.15, 0.2) is 54.6 Å². The molecule has 0 saturated heterocycles. The Kier molecular flexibility index (Phi) is 6.06. The average molecular weight is 288 g/mol. The van der Waals surface area contributed by atoms with Crippen molar-refractivity contribution in [2.45, 2.75) is 12.7 Å². The van der Waals surface area contributed by atoms with Gasteiger partial charge in [0.2, 0.25) is 0 Å². The summed E-state index contributed by atoms with van der Waals surface area (Å²) in [7, 11) is 1.54. The normalized spacial score (nSPS) is 11.9. The molecule has 0 fully saturated rings. The molecule has 0 amide bonds. The molecule has 21 heavy (non-hydrogen) atoms. The van der Waals surface area contributed by atoms with Crippen molar-refractivity contribution >= 4 is 0 Å². The van der Waals surface area contributed by atoms with E-state index in [-0.39, 0.29) is 13.2 Å². The van der Waals surface area contributed by atoms with Crippen LogP contribution in [0.1, 0.15) is 5.56 Å². The van der Waals surface area contributed by atoms with Crippen molar-refractivity contribution in [3.8, 4) is 11.5 Å². The van der Waals surface area contributed by atoms with E-state index in [1.807, 2.05) is 54.6 Å². The Hall–Kier alpha value is -2.04. The van der Waals surface area contributed by atoms with Gasteiger partial charge in [-0.2, -0.15) is 0 Å². The summed E-state index contributed by atoms with van der Waals surface area (Å²) in [5, 5.41) is 9.50. The lowest BCUT2D eigenvalue weighted by molar-refractivity contribution is 0.0325. The fourth-order valence-electron chi connectivity index (χ4n) is 1.81. The van der Waals surface area contributed by atoms with Gasteiger partial charge in [0, 0.05) is 7.11 Å². The van der Waals surface area contributed by atoms with Crippen LogP contribution in [0.25, 0.3) is 0 Å². The predicted octanol–water partition coefficient (Wildman–Crippen LogP) is 2.65. The van der Waals surface area contributed by atoms with Gasteiger partial charge in [-0.25, -0.2) is 0 Å². The van der Waals surface area contributed by atoms with Crippen molar-refractivity contribution in [2.75, 3.05) is 20.3 Å². The lowest BCUT2D eigenvalue weighted by Crippen LogP contribution is -2.22. The molecule has 4 heteroatoms. The van der Waals surface area contributed by atoms with Crippen molar-refractivity contribution in [1.29, 1.82) is 0 Å². The van der Waals surface area contributed by atoms with Gasteiger partial charge >= 0.3 is 0 Å². The van der Waals surface area contributed by atoms with E-state index < -0.39 is 6.10 Å². The van der Waals surface area contributed by atoms with Gasteiger partial charge in [-0.15, -0.1) is 0 Å². The Bertz CT molecular complexity index is 510. The molecule has 112 valence electrons. The number of ether oxygens (including phenoxy) is 3. The molecule has 2 rings (SSSR count). The van der Waals surface area contributed by atoms with Crippen LogP contribution in [0.2, 0.25) is 0 Å². The van der Waals surface area contributed by atoms with Crippen LogP contribution in [0.5, 0.6) is 11.5 Å². The third-order valence-electron chi connectivity index (χ3n) is 2.87. The molecule has 1 atom stereocenters. The van der Waals surface area contributed by atoms with Crippen molar-refractivity contribution < 1.29 is 19.3 Å². The molecule has 0 saturated carbocycles. The molecule has 2 aromatic rings. The lowest BCUT2D eigenvalue weighted by atomic mass is 10.2. The van der Waals surface area contributed by atoms with E-state index in [4.69, 9.17) is 14.2 Å². The molecule has 0 aliphatic carbocycles. The molecule has 2 aromatic carbocycles. The van der Waals surface area contributed by atoms with Gasteiger partial charge in [0.1, 0.15) is 30.8 Å². The third-order valence-corrected chi connectivity index (χ3v) is 2.87. The maximum absolute atomic E-state index is 9.50. The SMILES string of the molecule is COCC(O)COc1ccc(OCc2ccccc2)cc1. The average Bonchev–Trinajstić information content (AvgIpc) is 2.53. The summed E-state index contributed by atoms with van der Waals surface area (Å²) in [6, 6.07) is 17.3. The number of aliphatic hydroxyl groups is 1. The van der Waals surface area contributed by atoms with Crippen LogP contribution in [0, 0.1) is 0 Å². The van der Waals surface area contributed by atoms with Crippen molar-refractivity contribution in [1.82, 2.24) is 0 Å². The van der Waals surface area contributed by atoms with Gasteiger partial charge in [0.05, 0.1) is 6.61 Å². The fraction of sp³-hybridized carbons (Fsp3) is 0.294. The molecule has 0 heterocycles. The summed E-state index contributed by atoms with van der Waals surface area (Å²) >= 11 is 0. The Morgan fingerprint density at radius 1 is 0.857 bits per heavy atom. The summed E-state index contributed by atoms with van der Waals surface area (Å²) in [6.45, 7) is 1.00. The van der Waals surface area contributed by atoms with Crippen molar-refractivity contribution in [2.24, 2.45) is 0 Å². The Morgan fingerprint density at radius 3 is 2.10 bits per heavy atom. The van der Waals surface area contributed by atoms with Crippen LogP contribution in [0.4, 0.5) is 0 Å². The molecular formula is C17H20O4. The minimum atomic E-state index is -0.621. The van der Waals surface area contributed by atoms with E-state index in [9.17, 15) is 5.11 Å². The minimum absolute atomic E-state index is 0.206. The zero-order chi connectivity index (χ0) is 14.9. The zero-order valence-electron chi connectivity index (χ0n) is 12.1. The molecule has 0 bridgehead atoms. The second-order valence-electron chi connectivity index (χ2n) is 4.67. The molecule has 0 aromatic heterocycles. The lowest BCUT2D eigenvalue weighted by Gasteiger charge is -2.12. The smallest absolute Gasteiger partial charge is 0.120 e. The van der Waals surface area contributed by atoms with Crippen LogP contribution in [-0.4, -0.2) is 31.5 Å². The first kappa shape index (κ1) is 15.4. The summed E-state index contributed by atoms with van der Waals surface area (Å²) < 4.78 is 16.0. The minimum Gasteiger partial charge on any atom is -0.491 e. The molecule has 4 nitrogen and oxygen atoms in total. The van der Waals surface area contributed by atoms with Gasteiger partial charge in [-0.3, -0.25) is 0 Å². The van der Waals surface area contributed by atoms with E-state index in [1.165, 1.54) is 0 Å². The van der Waals surface area contributed by atoms with E-state index in [1.54, 1.807) is 7.11 Å². The number of methoxy groups -OCH3 is 1. The second-order valence-corrected chi connectivity index (χ2v) is 4.67. The van der Waals surface area contributed by atoms with Crippen LogP contribution < -0.4 is 9.47 Å². The van der Waals surface area contributed by atoms with Crippen LogP contribution >= 0.6 is 0 Å². The summed E-state index contributed by atoms with van der Waals surface area (Å²) in [5.74, 6) is 1.47. The maximum atomic E-state index is 9.50. The summed E-state index contributed by atoms with van der Waals surface area (Å²) in [4.78, 5) is 0. The number of aliphatic hydroxyl groups excluding tert-OH is 1. The van der Waals surface area contributed by atoms with Gasteiger partial charge in [-0.1, -0.05) is 30.3 Å². The highest BCUT2D eigenvalue weighted by Gasteiger charge is 2.04. The monoisotopic (exact) mass is 288 g/mol. The number of rotatable bonds is 8. The van der Waals surface area contributed by atoms with Gasteiger partial charge in [0.15, 0.2) is 0 Å². The van der Waals surface area contributed by atoms with Gasteiger partial charge < -0.3 is 19.3 Å². The topological polar surface area (TPSA) is 47.9 Å². The van der Waals surface area contributed by atoms with Crippen molar-refractivity contribution in [3.63, 3.8) is 0 Å². The highest BCUT2D eigenvalue weighted by Crippen LogP contribution is 2.18. The van der Waals surface area contributed by atoms with E-state index >= 15 is 0 Å². The predicted molar refractivity (Wildman–Crippen MR) is 80.6 cm³/mol. The first-order valence-electron chi connectivity index (χ1n) is 6.84. The largest absolute Gasteiger partial charge is 0.491 e. The Balaban J connectivity index is 1.79. The zero-order valence-corrected chi connectivity index (χ0v) is 12.1. The molecule has 1 N–H and O–H groups in total. The quantitative estimate of drug-likeness (QED) is 0.811. The summed E-state index contributed by atoms with van der Waals surface area (Å²) in [6.07, 6.45) is -0.621. The van der Waals surface area contributed by atoms with Crippen molar-refractivity contribution in [3.05, 3.63) is 60.2 Å². The third kappa shape index (κ3) is 5.45. The summed E-state index contributed by atoms with van der Waals surface area (Å²) in [5.41, 5.74) is 1.13. The highest BCUT2D eigenvalue weighted by molar-refractivity contribution is 5.31. The second kappa shape index (κ2) is 8.29. The molecular weight excluding hydrogens is 268 g/mol. The first-order valence-corrected chi connectivity index (χ1v) is 6.84. The van der Waals surface area contributed by atoms with Gasteiger partial charge in [0.25, 0.3) is 0 Å². The number of benzene rings is 2. The fourth-order valence-corrected chi connectivity index (χ4v) is 1.81. The molecule has 0 aliphatic rings. The van der Waals surface area contributed by atoms with E-state index in [2.05, 4.69) is 0 Å². The number of hydrogen-bond donors (Lipinski definition) is 1. The van der Waals surface area contributed by atoms with Crippen LogP contribution in [0.3, 0.4) is 0 Å². The molecule has 0 aliphatic heterocycles. The maximum Gasteiger partial charge on any atom is 0.120 e. The molecule has 1 unspecified atom stereocenters. The molecule has 0 radical (unpaired) electrons. The Labute approximate surface area is 124 Å². The number of hydrogen-bond acceptors (Lipinski definition) is 4. The van der Waals surface area contributed by atoms with Crippen LogP contribution in [-0.2, 0) is 11.3 Å². The van der Waals surface area contributed by atoms with E-state index in [0.717, 1.165) is 11.3 Å². The standard InChI is InChI=1S/C17H20O4/c1-19-12-15(18)13-21-17-9-7-16(8-10-17)20-11-14-5-3-2-4-6-14/h2-10,15,18H,11-13H2,1H3. The first-order chi connectivity index (χ1) is 10.3. The Morgan fingerprint density at radius 2 is 1.48 bits per heavy atom. The highest BCUT2D eigenvalue weighted by atomic mass is 16.5. The van der Waals surface area contributed by atoms with Gasteiger partial charge in [-0.05, 0) is 29.8 Å². The molecule has 0 spiro atoms.